The molecule has 2 bridgehead atoms. The largest absolute Gasteiger partial charge is 0.497 e. The van der Waals surface area contributed by atoms with Crippen molar-refractivity contribution in [2.24, 2.45) is 0 Å². The molecule has 6 nitrogen and oxygen atoms in total. The summed E-state index contributed by atoms with van der Waals surface area (Å²) in [6.07, 6.45) is 1.08. The van der Waals surface area contributed by atoms with Gasteiger partial charge in [0.25, 0.3) is 5.91 Å². The van der Waals surface area contributed by atoms with E-state index in [2.05, 4.69) is 16.0 Å². The van der Waals surface area contributed by atoms with Gasteiger partial charge in [-0.2, -0.15) is 0 Å². The molecule has 2 aliphatic rings. The van der Waals surface area contributed by atoms with Crippen LogP contribution in [0.25, 0.3) is 10.9 Å². The van der Waals surface area contributed by atoms with E-state index in [4.69, 9.17) is 9.57 Å². The lowest BCUT2D eigenvalue weighted by Gasteiger charge is -2.33. The van der Waals surface area contributed by atoms with Crippen molar-refractivity contribution in [1.29, 1.82) is 0 Å². The lowest BCUT2D eigenvalue weighted by Crippen LogP contribution is -2.42. The van der Waals surface area contributed by atoms with Crippen LogP contribution in [-0.4, -0.2) is 55.2 Å². The highest BCUT2D eigenvalue weighted by Crippen LogP contribution is 2.46. The highest BCUT2D eigenvalue weighted by atomic mass is 16.7. The lowest BCUT2D eigenvalue weighted by molar-refractivity contribution is -0.175. The number of benzene rings is 1. The van der Waals surface area contributed by atoms with Crippen LogP contribution in [0.4, 0.5) is 0 Å². The van der Waals surface area contributed by atoms with E-state index in [1.807, 2.05) is 12.1 Å². The Morgan fingerprint density at radius 3 is 2.96 bits per heavy atom. The van der Waals surface area contributed by atoms with Crippen molar-refractivity contribution in [3.63, 3.8) is 0 Å². The predicted octanol–water partition coefficient (Wildman–Crippen LogP) is 2.04. The number of hydroxylamine groups is 2. The van der Waals surface area contributed by atoms with Crippen molar-refractivity contribution < 1.29 is 14.4 Å². The molecule has 2 aromatic rings. The summed E-state index contributed by atoms with van der Waals surface area (Å²) < 4.78 is 5.37. The highest BCUT2D eigenvalue weighted by molar-refractivity contribution is 5.91. The number of carbonyl (C=O) groups is 1. The van der Waals surface area contributed by atoms with Crippen LogP contribution in [0.5, 0.6) is 5.75 Å². The minimum absolute atomic E-state index is 0.0346. The Hall–Kier alpha value is -2.05. The predicted molar refractivity (Wildman–Crippen MR) is 86.3 cm³/mol. The Bertz CT molecular complexity index is 770. The number of nitrogens with zero attached hydrogens (tertiary/aromatic N) is 2. The Labute approximate surface area is 134 Å². The quantitative estimate of drug-likeness (QED) is 0.881. The molecule has 0 radical (unpaired) electrons. The van der Waals surface area contributed by atoms with Crippen LogP contribution in [0.1, 0.15) is 29.6 Å². The Kier molecular flexibility index (Phi) is 3.32. The zero-order valence-electron chi connectivity index (χ0n) is 13.6. The highest BCUT2D eigenvalue weighted by Gasteiger charge is 2.44. The number of aromatic nitrogens is 1. The van der Waals surface area contributed by atoms with E-state index in [-0.39, 0.29) is 11.9 Å². The third-order valence-corrected chi connectivity index (χ3v) is 5.16. The minimum atomic E-state index is -0.299. The van der Waals surface area contributed by atoms with E-state index in [9.17, 15) is 4.79 Å². The molecule has 3 unspecified atom stereocenters. The van der Waals surface area contributed by atoms with Crippen molar-refractivity contribution in [2.45, 2.75) is 18.4 Å². The molecular formula is C17H21N3O3. The third kappa shape index (κ3) is 2.05. The second-order valence-electron chi connectivity index (χ2n) is 6.27. The SMILES string of the molecule is COc1ccc2[nH]c3c(c2c1)C1CCN(C1)C3C(=O)N(C)OC. The minimum Gasteiger partial charge on any atom is -0.497 e. The van der Waals surface area contributed by atoms with Crippen LogP contribution in [0, 0.1) is 0 Å². The van der Waals surface area contributed by atoms with Gasteiger partial charge in [0.15, 0.2) is 0 Å². The van der Waals surface area contributed by atoms with Gasteiger partial charge < -0.3 is 9.72 Å². The van der Waals surface area contributed by atoms with Gasteiger partial charge in [-0.15, -0.1) is 0 Å². The fourth-order valence-corrected chi connectivity index (χ4v) is 3.98. The zero-order chi connectivity index (χ0) is 16.1. The van der Waals surface area contributed by atoms with Gasteiger partial charge in [-0.05, 0) is 36.7 Å². The Morgan fingerprint density at radius 2 is 2.22 bits per heavy atom. The maximum absolute atomic E-state index is 12.8. The molecule has 122 valence electrons. The number of hydrogen-bond acceptors (Lipinski definition) is 4. The Morgan fingerprint density at radius 1 is 1.39 bits per heavy atom. The average Bonchev–Trinajstić information content (AvgIpc) is 3.15. The first-order chi connectivity index (χ1) is 11.1. The van der Waals surface area contributed by atoms with Crippen LogP contribution >= 0.6 is 0 Å². The van der Waals surface area contributed by atoms with Crippen LogP contribution < -0.4 is 4.74 Å². The molecule has 23 heavy (non-hydrogen) atoms. The number of aromatic amines is 1. The van der Waals surface area contributed by atoms with E-state index >= 15 is 0 Å². The molecule has 1 amide bonds. The molecule has 2 aliphatic heterocycles. The number of amides is 1. The third-order valence-electron chi connectivity index (χ3n) is 5.16. The first-order valence-electron chi connectivity index (χ1n) is 7.89. The molecule has 0 saturated carbocycles. The number of ether oxygens (including phenoxy) is 1. The molecular weight excluding hydrogens is 294 g/mol. The average molecular weight is 315 g/mol. The Balaban J connectivity index is 1.89. The van der Waals surface area contributed by atoms with Crippen LogP contribution in [0.15, 0.2) is 18.2 Å². The van der Waals surface area contributed by atoms with Gasteiger partial charge in [0.05, 0.1) is 14.2 Å². The molecule has 3 heterocycles. The first kappa shape index (κ1) is 14.5. The first-order valence-corrected chi connectivity index (χ1v) is 7.89. The molecule has 1 saturated heterocycles. The summed E-state index contributed by atoms with van der Waals surface area (Å²) in [6.45, 7) is 1.86. The summed E-state index contributed by atoms with van der Waals surface area (Å²) >= 11 is 0. The number of fused-ring (bicyclic) bond motifs is 6. The summed E-state index contributed by atoms with van der Waals surface area (Å²) in [5.41, 5.74) is 3.34. The summed E-state index contributed by atoms with van der Waals surface area (Å²) in [7, 11) is 4.86. The molecule has 6 heteroatoms. The summed E-state index contributed by atoms with van der Waals surface area (Å²) in [4.78, 5) is 23.6. The second kappa shape index (κ2) is 5.25. The lowest BCUT2D eigenvalue weighted by atomic mass is 9.90. The second-order valence-corrected chi connectivity index (χ2v) is 6.27. The molecule has 1 aromatic heterocycles. The van der Waals surface area contributed by atoms with Crippen LogP contribution in [-0.2, 0) is 9.63 Å². The van der Waals surface area contributed by atoms with E-state index in [1.165, 1.54) is 23.1 Å². The fraction of sp³-hybridized carbons (Fsp3) is 0.471. The smallest absolute Gasteiger partial charge is 0.269 e. The van der Waals surface area contributed by atoms with Gasteiger partial charge in [0.1, 0.15) is 11.8 Å². The standard InChI is InChI=1S/C17H21N3O3/c1-19(23-3)17(21)16-15-14(10-6-7-20(16)9-10)12-8-11(22-2)4-5-13(12)18-15/h4-5,8,10,16,18H,6-7,9H2,1-3H3. The number of carbonyl (C=O) groups excluding carboxylic acids is 1. The van der Waals surface area contributed by atoms with E-state index in [1.54, 1.807) is 14.2 Å². The number of H-pyrrole nitrogens is 1. The molecule has 0 aliphatic carbocycles. The van der Waals surface area contributed by atoms with Gasteiger partial charge in [0, 0.05) is 36.1 Å². The van der Waals surface area contributed by atoms with Crippen molar-refractivity contribution in [3.05, 3.63) is 29.5 Å². The van der Waals surface area contributed by atoms with Crippen molar-refractivity contribution in [1.82, 2.24) is 14.9 Å². The summed E-state index contributed by atoms with van der Waals surface area (Å²) in [5, 5.41) is 2.49. The van der Waals surface area contributed by atoms with Crippen molar-refractivity contribution in [3.8, 4) is 5.75 Å². The molecule has 3 atom stereocenters. The monoisotopic (exact) mass is 315 g/mol. The summed E-state index contributed by atoms with van der Waals surface area (Å²) in [6, 6.07) is 5.74. The maximum Gasteiger partial charge on any atom is 0.269 e. The van der Waals surface area contributed by atoms with Gasteiger partial charge in [-0.1, -0.05) is 0 Å². The normalized spacial score (nSPS) is 25.4. The number of methoxy groups -OCH3 is 1. The molecule has 4 rings (SSSR count). The molecule has 1 N–H and O–H groups in total. The van der Waals surface area contributed by atoms with Gasteiger partial charge in [0.2, 0.25) is 0 Å². The molecule has 1 fully saturated rings. The maximum atomic E-state index is 12.8. The van der Waals surface area contributed by atoms with Gasteiger partial charge in [-0.3, -0.25) is 14.5 Å². The van der Waals surface area contributed by atoms with Crippen LogP contribution in [0.2, 0.25) is 0 Å². The molecule has 0 spiro atoms. The van der Waals surface area contributed by atoms with E-state index in [0.29, 0.717) is 5.92 Å². The van der Waals surface area contributed by atoms with Gasteiger partial charge >= 0.3 is 0 Å². The molecule has 1 aromatic carbocycles. The van der Waals surface area contributed by atoms with Crippen LogP contribution in [0.3, 0.4) is 0 Å². The van der Waals surface area contributed by atoms with Crippen molar-refractivity contribution in [2.75, 3.05) is 34.4 Å². The summed E-state index contributed by atoms with van der Waals surface area (Å²) in [5.74, 6) is 1.28. The number of hydrogen-bond donors (Lipinski definition) is 1. The number of rotatable bonds is 3. The van der Waals surface area contributed by atoms with E-state index in [0.717, 1.165) is 36.5 Å². The number of nitrogens with one attached hydrogen (secondary N) is 1. The zero-order valence-corrected chi connectivity index (χ0v) is 13.6. The van der Waals surface area contributed by atoms with Gasteiger partial charge in [-0.25, -0.2) is 5.06 Å². The van der Waals surface area contributed by atoms with E-state index < -0.39 is 0 Å². The number of likely N-dealkylation sites (N-methyl/N-ethyl adjacent to an activating group) is 1. The van der Waals surface area contributed by atoms with Crippen molar-refractivity contribution >= 4 is 16.8 Å². The fourth-order valence-electron chi connectivity index (χ4n) is 3.98. The topological polar surface area (TPSA) is 57.8 Å².